The van der Waals surface area contributed by atoms with E-state index in [0.29, 0.717) is 51.6 Å². The van der Waals surface area contributed by atoms with Crippen LogP contribution in [-0.4, -0.2) is 29.9 Å². The van der Waals surface area contributed by atoms with E-state index in [1.807, 2.05) is 18.2 Å². The van der Waals surface area contributed by atoms with Crippen LogP contribution in [0, 0.1) is 0 Å². The number of fused-ring (bicyclic) bond motifs is 20. The van der Waals surface area contributed by atoms with Crippen molar-refractivity contribution < 1.29 is 19.5 Å². The molecule has 2 N–H and O–H groups in total. The van der Waals surface area contributed by atoms with Crippen molar-refractivity contribution in [2.45, 2.75) is 78.6 Å². The Morgan fingerprint density at radius 3 is 1.19 bits per heavy atom. The molecule has 9 nitrogen and oxygen atoms in total. The summed E-state index contributed by atoms with van der Waals surface area (Å²) >= 11 is 0. The van der Waals surface area contributed by atoms with Gasteiger partial charge < -0.3 is 35.6 Å². The van der Waals surface area contributed by atoms with Gasteiger partial charge in [-0.15, -0.1) is 0 Å². The van der Waals surface area contributed by atoms with Crippen molar-refractivity contribution in [2.24, 2.45) is 0 Å². The molecular formula is C44H41N9Zn. The van der Waals surface area contributed by atoms with Gasteiger partial charge in [-0.1, -0.05) is 98.7 Å². The van der Waals surface area contributed by atoms with Gasteiger partial charge in [0.15, 0.2) is 0 Å². The first-order valence-corrected chi connectivity index (χ1v) is 18.1. The van der Waals surface area contributed by atoms with Crippen LogP contribution in [0.2, 0.25) is 0 Å². The smallest absolute Gasteiger partial charge is 0.399 e. The second-order valence-corrected chi connectivity index (χ2v) is 17.3. The SMILES string of the molecule is CC(C)(C)c1ccc2c(c1)-c1nc-2nc2[n-]c(nc3nc(nc4[n-]c(n1)c1ccc(C(C)(C)C)cc41)-c1ccc(N)cc1-3)c1ccc(C(C)(C)C)cc21.[Zn+2]. The van der Waals surface area contributed by atoms with Crippen LogP contribution in [0.3, 0.4) is 0 Å². The van der Waals surface area contributed by atoms with Gasteiger partial charge in [0, 0.05) is 50.5 Å². The summed E-state index contributed by atoms with van der Waals surface area (Å²) in [6.45, 7) is 19.8. The summed E-state index contributed by atoms with van der Waals surface area (Å²) in [5.41, 5.74) is 15.7. The topological polar surface area (TPSA) is 132 Å². The molecule has 0 unspecified atom stereocenters. The Kier molecular flexibility index (Phi) is 7.99. The molecule has 0 spiro atoms. The molecule has 0 saturated heterocycles. The summed E-state index contributed by atoms with van der Waals surface area (Å²) in [6.07, 6.45) is 0. The third-order valence-electron chi connectivity index (χ3n) is 10.3. The van der Waals surface area contributed by atoms with Gasteiger partial charge >= 0.3 is 19.5 Å². The molecule has 0 radical (unpaired) electrons. The van der Waals surface area contributed by atoms with Crippen LogP contribution < -0.4 is 15.7 Å². The molecule has 0 saturated carbocycles. The third kappa shape index (κ3) is 5.88. The zero-order chi connectivity index (χ0) is 37.2. The van der Waals surface area contributed by atoms with Crippen molar-refractivity contribution in [2.75, 3.05) is 5.73 Å². The monoisotopic (exact) mass is 759 g/mol. The second kappa shape index (κ2) is 12.1. The van der Waals surface area contributed by atoms with Gasteiger partial charge in [-0.05, 0) is 90.9 Å². The molecule has 3 aromatic heterocycles. The van der Waals surface area contributed by atoms with Gasteiger partial charge in [-0.3, -0.25) is 0 Å². The molecule has 9 rings (SSSR count). The number of nitrogen functional groups attached to an aromatic ring is 1. The van der Waals surface area contributed by atoms with Crippen molar-refractivity contribution >= 4 is 49.8 Å². The van der Waals surface area contributed by atoms with E-state index in [9.17, 15) is 0 Å². The van der Waals surface area contributed by atoms with Gasteiger partial charge in [0.25, 0.3) is 0 Å². The van der Waals surface area contributed by atoms with Gasteiger partial charge in [-0.2, -0.15) is 0 Å². The molecule has 2 aliphatic rings. The maximum absolute atomic E-state index is 6.34. The summed E-state index contributed by atoms with van der Waals surface area (Å²) in [5.74, 6) is 2.08. The Bertz CT molecular complexity index is 2840. The molecule has 264 valence electrons. The van der Waals surface area contributed by atoms with Gasteiger partial charge in [0.2, 0.25) is 0 Å². The van der Waals surface area contributed by atoms with Crippen LogP contribution in [0.1, 0.15) is 79.0 Å². The summed E-state index contributed by atoms with van der Waals surface area (Å²) in [6, 6.07) is 25.0. The molecule has 54 heavy (non-hydrogen) atoms. The summed E-state index contributed by atoms with van der Waals surface area (Å²) in [5, 5.41) is 3.54. The minimum Gasteiger partial charge on any atom is -0.399 e. The third-order valence-corrected chi connectivity index (χ3v) is 10.3. The Labute approximate surface area is 327 Å². The predicted octanol–water partition coefficient (Wildman–Crippen LogP) is 9.60. The van der Waals surface area contributed by atoms with E-state index in [1.165, 1.54) is 16.7 Å². The Morgan fingerprint density at radius 2 is 0.741 bits per heavy atom. The maximum atomic E-state index is 6.34. The second-order valence-electron chi connectivity index (χ2n) is 17.3. The van der Waals surface area contributed by atoms with Crippen LogP contribution in [0.5, 0.6) is 0 Å². The van der Waals surface area contributed by atoms with Gasteiger partial charge in [0.1, 0.15) is 0 Å². The molecule has 4 aromatic carbocycles. The first-order chi connectivity index (χ1) is 25.0. The maximum Gasteiger partial charge on any atom is 2.00 e. The minimum absolute atomic E-state index is 0. The number of anilines is 1. The molecule has 7 aromatic rings. The van der Waals surface area contributed by atoms with E-state index in [1.54, 1.807) is 0 Å². The molecule has 0 atom stereocenters. The molecule has 0 amide bonds. The van der Waals surface area contributed by atoms with Gasteiger partial charge in [-0.25, -0.2) is 9.97 Å². The minimum atomic E-state index is -0.0883. The van der Waals surface area contributed by atoms with E-state index in [4.69, 9.17) is 45.6 Å². The first-order valence-electron chi connectivity index (χ1n) is 18.1. The fraction of sp³-hybridized carbons (Fsp3) is 0.273. The van der Waals surface area contributed by atoms with E-state index in [0.717, 1.165) is 43.8 Å². The Balaban J connectivity index is 0.00000413. The number of rotatable bonds is 0. The van der Waals surface area contributed by atoms with Crippen LogP contribution in [-0.2, 0) is 35.7 Å². The Hall–Kier alpha value is -5.34. The number of nitrogens with zero attached hydrogens (tertiary/aromatic N) is 8. The van der Waals surface area contributed by atoms with E-state index in [2.05, 4.69) is 117 Å². The Morgan fingerprint density at radius 1 is 0.389 bits per heavy atom. The molecule has 10 heteroatoms. The molecular weight excluding hydrogens is 720 g/mol. The number of aromatic nitrogens is 8. The van der Waals surface area contributed by atoms with Crippen molar-refractivity contribution in [3.63, 3.8) is 0 Å². The van der Waals surface area contributed by atoms with Crippen molar-refractivity contribution in [1.82, 2.24) is 39.9 Å². The van der Waals surface area contributed by atoms with Crippen LogP contribution >= 0.6 is 0 Å². The number of hydrogen-bond acceptors (Lipinski definition) is 7. The average molecular weight is 761 g/mol. The molecule has 8 bridgehead atoms. The van der Waals surface area contributed by atoms with E-state index < -0.39 is 0 Å². The zero-order valence-electron chi connectivity index (χ0n) is 32.3. The number of benzene rings is 4. The zero-order valence-corrected chi connectivity index (χ0v) is 35.3. The summed E-state index contributed by atoms with van der Waals surface area (Å²) in [7, 11) is 0. The molecule has 0 aliphatic carbocycles. The number of hydrogen-bond donors (Lipinski definition) is 1. The van der Waals surface area contributed by atoms with Gasteiger partial charge in [0.05, 0.1) is 23.3 Å². The predicted molar refractivity (Wildman–Crippen MR) is 215 cm³/mol. The van der Waals surface area contributed by atoms with Crippen molar-refractivity contribution in [1.29, 1.82) is 0 Å². The van der Waals surface area contributed by atoms with Crippen molar-refractivity contribution in [3.8, 4) is 45.6 Å². The van der Waals surface area contributed by atoms with E-state index in [-0.39, 0.29) is 35.7 Å². The molecule has 5 heterocycles. The first kappa shape index (κ1) is 35.7. The van der Waals surface area contributed by atoms with Crippen LogP contribution in [0.15, 0.2) is 72.8 Å². The number of nitrogens with two attached hydrogens (primary N) is 1. The largest absolute Gasteiger partial charge is 2.00 e. The van der Waals surface area contributed by atoms with Crippen LogP contribution in [0.25, 0.3) is 89.7 Å². The summed E-state index contributed by atoms with van der Waals surface area (Å²) < 4.78 is 0. The fourth-order valence-corrected chi connectivity index (χ4v) is 7.08. The quantitative estimate of drug-likeness (QED) is 0.119. The van der Waals surface area contributed by atoms with Crippen molar-refractivity contribution in [3.05, 3.63) is 89.5 Å². The van der Waals surface area contributed by atoms with Crippen LogP contribution in [0.4, 0.5) is 5.69 Å². The fourth-order valence-electron chi connectivity index (χ4n) is 7.08. The summed E-state index contributed by atoms with van der Waals surface area (Å²) in [4.78, 5) is 41.0. The van der Waals surface area contributed by atoms with E-state index >= 15 is 0 Å². The standard InChI is InChI=1S/C44H41N9.Zn/c1-42(2,3)22-10-14-26-30(18-22)38-46-34(26)48-39-32-20-24(44(7,8)9)12-16-28(32)36(50-39)52-41-33-21-25(45)13-17-29(33)37(53-41)51-40-31-19-23(43(4,5)6)11-15-27(31)35(47-38)49-40;/h10-21H,45H2,1-9H3;/q-2;+2. The normalized spacial score (nSPS) is 12.8. The molecule has 2 aliphatic heterocycles. The molecule has 0 fully saturated rings. The average Bonchev–Trinajstić information content (AvgIpc) is 3.81.